The Hall–Kier alpha value is -1.96. The molecule has 2 heterocycles. The molecule has 0 unspecified atom stereocenters. The normalized spacial score (nSPS) is 19.9. The molecule has 0 saturated carbocycles. The van der Waals surface area contributed by atoms with Gasteiger partial charge in [-0.1, -0.05) is 77.2 Å². The van der Waals surface area contributed by atoms with Crippen molar-refractivity contribution in [2.45, 2.75) is 26.3 Å². The highest BCUT2D eigenvalue weighted by molar-refractivity contribution is 9.10. The number of carbonyl (C=O) groups is 2. The molecule has 2 aliphatic rings. The molecule has 0 aliphatic carbocycles. The Bertz CT molecular complexity index is 1050. The van der Waals surface area contributed by atoms with Crippen LogP contribution in [0.2, 0.25) is 0 Å². The monoisotopic (exact) mass is 486 g/mol. The summed E-state index contributed by atoms with van der Waals surface area (Å²) in [5.74, 6) is -0.336. The molecule has 148 valence electrons. The standard InChI is InChI=1S/C22H19BrN2O2S2/c1-3-11-24-17-10-9-15(23)12-16(17)18(20(24)26)19-21(27)25(22(28)29-19)13(2)14-7-5-4-6-8-14/h4-10,12-13H,3,11H2,1-2H3/b19-18-/t13-/m0/s1. The number of benzene rings is 2. The summed E-state index contributed by atoms with van der Waals surface area (Å²) >= 11 is 10.3. The number of hydrogen-bond acceptors (Lipinski definition) is 4. The van der Waals surface area contributed by atoms with Gasteiger partial charge in [0.25, 0.3) is 11.8 Å². The van der Waals surface area contributed by atoms with Gasteiger partial charge < -0.3 is 4.90 Å². The van der Waals surface area contributed by atoms with Gasteiger partial charge in [-0.3, -0.25) is 14.5 Å². The van der Waals surface area contributed by atoms with Gasteiger partial charge in [-0.15, -0.1) is 0 Å². The van der Waals surface area contributed by atoms with Crippen molar-refractivity contribution >= 4 is 67.3 Å². The molecule has 0 spiro atoms. The fraction of sp³-hybridized carbons (Fsp3) is 0.227. The van der Waals surface area contributed by atoms with Gasteiger partial charge in [0.15, 0.2) is 0 Å². The highest BCUT2D eigenvalue weighted by atomic mass is 79.9. The van der Waals surface area contributed by atoms with Gasteiger partial charge >= 0.3 is 0 Å². The zero-order valence-electron chi connectivity index (χ0n) is 16.0. The highest BCUT2D eigenvalue weighted by Gasteiger charge is 2.43. The molecule has 1 saturated heterocycles. The van der Waals surface area contributed by atoms with Gasteiger partial charge in [-0.2, -0.15) is 0 Å². The molecule has 29 heavy (non-hydrogen) atoms. The summed E-state index contributed by atoms with van der Waals surface area (Å²) in [4.78, 5) is 30.5. The number of fused-ring (bicyclic) bond motifs is 1. The zero-order valence-corrected chi connectivity index (χ0v) is 19.2. The van der Waals surface area contributed by atoms with Crippen LogP contribution in [0.15, 0.2) is 57.9 Å². The molecule has 2 aromatic rings. The van der Waals surface area contributed by atoms with Gasteiger partial charge in [0.2, 0.25) is 0 Å². The highest BCUT2D eigenvalue weighted by Crippen LogP contribution is 2.47. The molecule has 1 fully saturated rings. The molecule has 0 bridgehead atoms. The van der Waals surface area contributed by atoms with E-state index in [9.17, 15) is 9.59 Å². The molecular weight excluding hydrogens is 468 g/mol. The number of rotatable bonds is 4. The van der Waals surface area contributed by atoms with Crippen molar-refractivity contribution in [1.29, 1.82) is 0 Å². The summed E-state index contributed by atoms with van der Waals surface area (Å²) in [5, 5.41) is 0. The van der Waals surface area contributed by atoms with Crippen molar-refractivity contribution in [3.63, 3.8) is 0 Å². The van der Waals surface area contributed by atoms with Crippen LogP contribution in [-0.2, 0) is 9.59 Å². The Balaban J connectivity index is 1.80. The van der Waals surface area contributed by atoms with Crippen LogP contribution in [0.25, 0.3) is 5.57 Å². The molecule has 2 amide bonds. The van der Waals surface area contributed by atoms with E-state index in [1.807, 2.05) is 62.4 Å². The fourth-order valence-electron chi connectivity index (χ4n) is 3.71. The van der Waals surface area contributed by atoms with E-state index in [2.05, 4.69) is 15.9 Å². The number of nitrogens with zero attached hydrogens (tertiary/aromatic N) is 2. The number of amides is 2. The Kier molecular flexibility index (Phi) is 5.64. The van der Waals surface area contributed by atoms with Crippen LogP contribution in [0.1, 0.15) is 37.4 Å². The van der Waals surface area contributed by atoms with Crippen LogP contribution < -0.4 is 4.90 Å². The van der Waals surface area contributed by atoms with Crippen LogP contribution in [-0.4, -0.2) is 27.6 Å². The lowest BCUT2D eigenvalue weighted by molar-refractivity contribution is -0.123. The van der Waals surface area contributed by atoms with Crippen molar-refractivity contribution in [2.75, 3.05) is 11.4 Å². The minimum absolute atomic E-state index is 0.132. The predicted molar refractivity (Wildman–Crippen MR) is 126 cm³/mol. The molecule has 7 heteroatoms. The number of thiocarbonyl (C=S) groups is 1. The first-order valence-electron chi connectivity index (χ1n) is 9.40. The van der Waals surface area contributed by atoms with Crippen molar-refractivity contribution in [3.05, 3.63) is 69.0 Å². The van der Waals surface area contributed by atoms with Gasteiger partial charge in [0.05, 0.1) is 22.2 Å². The van der Waals surface area contributed by atoms with Crippen molar-refractivity contribution in [1.82, 2.24) is 4.90 Å². The molecule has 2 aromatic carbocycles. The van der Waals surface area contributed by atoms with E-state index >= 15 is 0 Å². The van der Waals surface area contributed by atoms with E-state index in [0.717, 1.165) is 27.7 Å². The summed E-state index contributed by atoms with van der Waals surface area (Å²) in [6.45, 7) is 4.60. The van der Waals surface area contributed by atoms with Crippen molar-refractivity contribution < 1.29 is 9.59 Å². The Labute approximate surface area is 188 Å². The first-order valence-corrected chi connectivity index (χ1v) is 11.4. The largest absolute Gasteiger partial charge is 0.308 e. The first kappa shape index (κ1) is 20.3. The molecule has 4 nitrogen and oxygen atoms in total. The van der Waals surface area contributed by atoms with Gasteiger partial charge in [-0.05, 0) is 37.1 Å². The Morgan fingerprint density at radius 3 is 2.52 bits per heavy atom. The second-order valence-corrected chi connectivity index (χ2v) is 9.51. The summed E-state index contributed by atoms with van der Waals surface area (Å²) < 4.78 is 1.35. The molecular formula is C22H19BrN2O2S2. The quantitative estimate of drug-likeness (QED) is 0.420. The van der Waals surface area contributed by atoms with Gasteiger partial charge in [-0.25, -0.2) is 0 Å². The molecule has 1 atom stereocenters. The average Bonchev–Trinajstić information content (AvgIpc) is 3.14. The van der Waals surface area contributed by atoms with E-state index in [-0.39, 0.29) is 17.9 Å². The van der Waals surface area contributed by atoms with Crippen LogP contribution in [0.4, 0.5) is 5.69 Å². The first-order chi connectivity index (χ1) is 13.9. The van der Waals surface area contributed by atoms with E-state index in [1.165, 1.54) is 11.8 Å². The average molecular weight is 487 g/mol. The van der Waals surface area contributed by atoms with Gasteiger partial charge in [0, 0.05) is 16.6 Å². The van der Waals surface area contributed by atoms with Crippen LogP contribution >= 0.6 is 39.9 Å². The maximum atomic E-state index is 13.4. The topological polar surface area (TPSA) is 40.6 Å². The van der Waals surface area contributed by atoms with Crippen molar-refractivity contribution in [3.8, 4) is 0 Å². The van der Waals surface area contributed by atoms with Crippen molar-refractivity contribution in [2.24, 2.45) is 0 Å². The molecule has 4 rings (SSSR count). The third-order valence-electron chi connectivity index (χ3n) is 5.12. The maximum Gasteiger partial charge on any atom is 0.267 e. The third kappa shape index (κ3) is 3.45. The number of thioether (sulfide) groups is 1. The minimum Gasteiger partial charge on any atom is -0.308 e. The number of hydrogen-bond donors (Lipinski definition) is 0. The predicted octanol–water partition coefficient (Wildman–Crippen LogP) is 5.54. The summed E-state index contributed by atoms with van der Waals surface area (Å²) in [6.07, 6.45) is 0.834. The molecule has 0 N–H and O–H groups in total. The lowest BCUT2D eigenvalue weighted by atomic mass is 10.1. The van der Waals surface area contributed by atoms with E-state index < -0.39 is 0 Å². The maximum absolute atomic E-state index is 13.4. The smallest absolute Gasteiger partial charge is 0.267 e. The second-order valence-electron chi connectivity index (χ2n) is 6.95. The van der Waals surface area contributed by atoms with Crippen LogP contribution in [0.5, 0.6) is 0 Å². The summed E-state index contributed by atoms with van der Waals surface area (Å²) in [5.41, 5.74) is 3.08. The third-order valence-corrected chi connectivity index (χ3v) is 7.01. The fourth-order valence-corrected chi connectivity index (χ4v) is 5.56. The Morgan fingerprint density at radius 1 is 1.10 bits per heavy atom. The van der Waals surface area contributed by atoms with E-state index in [0.29, 0.717) is 21.3 Å². The van der Waals surface area contributed by atoms with Crippen LogP contribution in [0.3, 0.4) is 0 Å². The number of anilines is 1. The van der Waals surface area contributed by atoms with E-state index in [4.69, 9.17) is 12.2 Å². The molecule has 0 aromatic heterocycles. The van der Waals surface area contributed by atoms with Gasteiger partial charge in [0.1, 0.15) is 4.32 Å². The number of halogens is 1. The number of carbonyl (C=O) groups excluding carboxylic acids is 2. The summed E-state index contributed by atoms with van der Waals surface area (Å²) in [7, 11) is 0. The van der Waals surface area contributed by atoms with E-state index in [1.54, 1.807) is 9.80 Å². The Morgan fingerprint density at radius 2 is 1.83 bits per heavy atom. The second kappa shape index (κ2) is 8.05. The molecule has 2 aliphatic heterocycles. The zero-order chi connectivity index (χ0) is 20.7. The van der Waals surface area contributed by atoms with Crippen LogP contribution in [0, 0.1) is 0 Å². The lowest BCUT2D eigenvalue weighted by Gasteiger charge is -2.23. The minimum atomic E-state index is -0.205. The lowest BCUT2D eigenvalue weighted by Crippen LogP contribution is -2.32. The summed E-state index contributed by atoms with van der Waals surface area (Å²) in [6, 6.07) is 15.3. The molecule has 0 radical (unpaired) electrons. The SMILES string of the molecule is CCCN1C(=O)/C(=C2\SC(=S)N([C@@H](C)c3ccccc3)C2=O)c2cc(Br)ccc21.